The van der Waals surface area contributed by atoms with Crippen LogP contribution in [0.25, 0.3) is 11.4 Å². The van der Waals surface area contributed by atoms with E-state index in [1.807, 2.05) is 24.3 Å². The van der Waals surface area contributed by atoms with Gasteiger partial charge in [0.1, 0.15) is 5.75 Å². The highest BCUT2D eigenvalue weighted by Gasteiger charge is 2.46. The van der Waals surface area contributed by atoms with Gasteiger partial charge < -0.3 is 14.4 Å². The van der Waals surface area contributed by atoms with Crippen molar-refractivity contribution in [1.29, 1.82) is 0 Å². The van der Waals surface area contributed by atoms with Gasteiger partial charge in [0.15, 0.2) is 11.5 Å². The fraction of sp³-hybridized carbons (Fsp3) is 0.357. The highest BCUT2D eigenvalue weighted by atomic mass is 16.5. The predicted molar refractivity (Wildman–Crippen MR) is 134 cm³/mol. The molecule has 2 aromatic carbocycles. The first kappa shape index (κ1) is 23.8. The number of hydrogen-bond donors (Lipinski definition) is 1. The van der Waals surface area contributed by atoms with Crippen LogP contribution >= 0.6 is 0 Å². The van der Waals surface area contributed by atoms with Crippen molar-refractivity contribution in [1.82, 2.24) is 10.1 Å². The van der Waals surface area contributed by atoms with Crippen molar-refractivity contribution >= 4 is 17.4 Å². The number of hydrogen-bond acceptors (Lipinski definition) is 7. The predicted octanol–water partition coefficient (Wildman–Crippen LogP) is 4.97. The third-order valence-electron chi connectivity index (χ3n) is 7.10. The maximum Gasteiger partial charge on any atom is 0.294 e. The number of aliphatic hydroxyl groups is 1. The molecule has 1 atom stereocenters. The molecular formula is C28H29N3O5. The number of aliphatic hydroxyl groups excluding tert-OH is 1. The van der Waals surface area contributed by atoms with Gasteiger partial charge >= 0.3 is 0 Å². The number of amides is 1. The summed E-state index contributed by atoms with van der Waals surface area (Å²) in [5.41, 5.74) is 2.40. The molecule has 1 saturated carbocycles. The average Bonchev–Trinajstić information content (AvgIpc) is 3.46. The van der Waals surface area contributed by atoms with E-state index < -0.39 is 17.7 Å². The Bertz CT molecular complexity index is 1290. The first-order valence-corrected chi connectivity index (χ1v) is 12.3. The van der Waals surface area contributed by atoms with E-state index in [1.54, 1.807) is 43.2 Å². The number of methoxy groups -OCH3 is 1. The van der Waals surface area contributed by atoms with E-state index in [1.165, 1.54) is 0 Å². The summed E-state index contributed by atoms with van der Waals surface area (Å²) < 4.78 is 10.3. The monoisotopic (exact) mass is 487 g/mol. The largest absolute Gasteiger partial charge is 0.503 e. The zero-order valence-electron chi connectivity index (χ0n) is 20.4. The van der Waals surface area contributed by atoms with E-state index in [-0.39, 0.29) is 23.7 Å². The van der Waals surface area contributed by atoms with Crippen LogP contribution in [0.1, 0.15) is 43.6 Å². The van der Waals surface area contributed by atoms with Crippen LogP contribution in [-0.2, 0) is 16.0 Å². The van der Waals surface area contributed by atoms with Gasteiger partial charge in [-0.25, -0.2) is 0 Å². The van der Waals surface area contributed by atoms with Crippen molar-refractivity contribution in [3.8, 4) is 17.1 Å². The number of carbonyl (C=O) groups excluding carboxylic acids is 2. The van der Waals surface area contributed by atoms with Gasteiger partial charge in [-0.2, -0.15) is 4.98 Å². The molecular weight excluding hydrogens is 458 g/mol. The number of aromatic nitrogens is 2. The first-order chi connectivity index (χ1) is 17.5. The minimum Gasteiger partial charge on any atom is -0.503 e. The number of carbonyl (C=O) groups is 2. The van der Waals surface area contributed by atoms with Crippen LogP contribution in [0.2, 0.25) is 0 Å². The Morgan fingerprint density at radius 3 is 2.39 bits per heavy atom. The quantitative estimate of drug-likeness (QED) is 0.501. The molecule has 0 radical (unpaired) electrons. The van der Waals surface area contributed by atoms with E-state index in [0.29, 0.717) is 23.2 Å². The minimum atomic E-state index is -0.535. The smallest absolute Gasteiger partial charge is 0.294 e. The molecule has 0 saturated heterocycles. The van der Waals surface area contributed by atoms with Gasteiger partial charge in [0, 0.05) is 24.6 Å². The normalized spacial score (nSPS) is 18.7. The molecule has 36 heavy (non-hydrogen) atoms. The van der Waals surface area contributed by atoms with Crippen LogP contribution < -0.4 is 9.64 Å². The standard InChI is InChI=1S/C28H29N3O5/c1-17-29-27(30-36-17)20-10-12-21(13-11-20)31-25(19-6-4-3-5-7-19)24(26(33)28(31)34)23(32)16-18-8-14-22(35-2)15-9-18/h8-15,19,25,33H,3-7,16H2,1-2H3. The van der Waals surface area contributed by atoms with E-state index >= 15 is 0 Å². The van der Waals surface area contributed by atoms with Crippen molar-refractivity contribution in [2.24, 2.45) is 5.92 Å². The van der Waals surface area contributed by atoms with Crippen LogP contribution in [-0.4, -0.2) is 40.1 Å². The Labute approximate surface area is 209 Å². The highest BCUT2D eigenvalue weighted by molar-refractivity contribution is 6.16. The number of benzene rings is 2. The Morgan fingerprint density at radius 2 is 1.78 bits per heavy atom. The number of anilines is 1. The summed E-state index contributed by atoms with van der Waals surface area (Å²) in [6.45, 7) is 1.72. The molecule has 1 aliphatic carbocycles. The Kier molecular flexibility index (Phi) is 6.59. The van der Waals surface area contributed by atoms with Crippen LogP contribution in [0.3, 0.4) is 0 Å². The number of nitrogens with zero attached hydrogens (tertiary/aromatic N) is 3. The molecule has 0 spiro atoms. The van der Waals surface area contributed by atoms with Crippen LogP contribution in [0.4, 0.5) is 5.69 Å². The Hall–Kier alpha value is -3.94. The summed E-state index contributed by atoms with van der Waals surface area (Å²) in [4.78, 5) is 32.8. The number of rotatable bonds is 7. The van der Waals surface area contributed by atoms with Gasteiger partial charge in [-0.05, 0) is 60.7 Å². The Morgan fingerprint density at radius 1 is 1.08 bits per heavy atom. The first-order valence-electron chi connectivity index (χ1n) is 12.3. The minimum absolute atomic E-state index is 0.0988. The number of Topliss-reactive ketones (excluding diaryl/α,β-unsaturated/α-hetero) is 1. The lowest BCUT2D eigenvalue weighted by Crippen LogP contribution is -2.43. The topological polar surface area (TPSA) is 106 Å². The van der Waals surface area contributed by atoms with E-state index in [2.05, 4.69) is 10.1 Å². The molecule has 186 valence electrons. The summed E-state index contributed by atoms with van der Waals surface area (Å²) in [5, 5.41) is 14.9. The molecule has 8 heteroatoms. The summed E-state index contributed by atoms with van der Waals surface area (Å²) in [7, 11) is 1.59. The third kappa shape index (κ3) is 4.51. The zero-order valence-corrected chi connectivity index (χ0v) is 20.4. The molecule has 1 aliphatic heterocycles. The highest BCUT2D eigenvalue weighted by Crippen LogP contribution is 2.41. The summed E-state index contributed by atoms with van der Waals surface area (Å²) in [5.74, 6) is 0.524. The van der Waals surface area contributed by atoms with Gasteiger partial charge in [-0.15, -0.1) is 0 Å². The summed E-state index contributed by atoms with van der Waals surface area (Å²) in [6, 6.07) is 14.0. The van der Waals surface area contributed by atoms with Crippen LogP contribution in [0.5, 0.6) is 5.75 Å². The SMILES string of the molecule is COc1ccc(CC(=O)C2=C(O)C(=O)N(c3ccc(-c4noc(C)n4)cc3)C2C2CCCCC2)cc1. The molecule has 1 amide bonds. The second-order valence-electron chi connectivity index (χ2n) is 9.41. The van der Waals surface area contributed by atoms with Gasteiger partial charge in [-0.1, -0.05) is 36.6 Å². The van der Waals surface area contributed by atoms with E-state index in [4.69, 9.17) is 9.26 Å². The van der Waals surface area contributed by atoms with Crippen molar-refractivity contribution in [3.63, 3.8) is 0 Å². The van der Waals surface area contributed by atoms with Crippen LogP contribution in [0.15, 0.2) is 64.4 Å². The second-order valence-corrected chi connectivity index (χ2v) is 9.41. The molecule has 2 aliphatic rings. The molecule has 2 heterocycles. The maximum absolute atomic E-state index is 13.5. The lowest BCUT2D eigenvalue weighted by atomic mass is 9.79. The molecule has 5 rings (SSSR count). The number of aryl methyl sites for hydroxylation is 1. The lowest BCUT2D eigenvalue weighted by Gasteiger charge is -2.35. The maximum atomic E-state index is 13.5. The molecule has 3 aromatic rings. The fourth-order valence-corrected chi connectivity index (χ4v) is 5.31. The lowest BCUT2D eigenvalue weighted by molar-refractivity contribution is -0.117. The second kappa shape index (κ2) is 9.97. The fourth-order valence-electron chi connectivity index (χ4n) is 5.31. The summed E-state index contributed by atoms with van der Waals surface area (Å²) >= 11 is 0. The average molecular weight is 488 g/mol. The van der Waals surface area contributed by atoms with E-state index in [0.717, 1.165) is 43.2 Å². The van der Waals surface area contributed by atoms with Gasteiger partial charge in [-0.3, -0.25) is 14.5 Å². The Balaban J connectivity index is 1.46. The van der Waals surface area contributed by atoms with Gasteiger partial charge in [0.25, 0.3) is 5.91 Å². The van der Waals surface area contributed by atoms with E-state index in [9.17, 15) is 14.7 Å². The molecule has 1 aromatic heterocycles. The molecule has 0 bridgehead atoms. The molecule has 1 unspecified atom stereocenters. The van der Waals surface area contributed by atoms with Crippen molar-refractivity contribution in [2.75, 3.05) is 12.0 Å². The van der Waals surface area contributed by atoms with Crippen molar-refractivity contribution < 1.29 is 24.0 Å². The number of ketones is 1. The van der Waals surface area contributed by atoms with Gasteiger partial charge in [0.05, 0.1) is 18.7 Å². The molecule has 8 nitrogen and oxygen atoms in total. The van der Waals surface area contributed by atoms with Crippen LogP contribution in [0, 0.1) is 12.8 Å². The van der Waals surface area contributed by atoms with Crippen molar-refractivity contribution in [3.05, 3.63) is 71.3 Å². The summed E-state index contributed by atoms with van der Waals surface area (Å²) in [6.07, 6.45) is 5.13. The van der Waals surface area contributed by atoms with Crippen molar-refractivity contribution in [2.45, 2.75) is 51.5 Å². The molecule has 1 N–H and O–H groups in total. The zero-order chi connectivity index (χ0) is 25.2. The van der Waals surface area contributed by atoms with Gasteiger partial charge in [0.2, 0.25) is 11.7 Å². The third-order valence-corrected chi connectivity index (χ3v) is 7.10. The molecule has 1 fully saturated rings. The number of ether oxygens (including phenoxy) is 1.